The van der Waals surface area contributed by atoms with Crippen molar-refractivity contribution in [3.63, 3.8) is 0 Å². The molecule has 2 heterocycles. The van der Waals surface area contributed by atoms with Gasteiger partial charge in [0.1, 0.15) is 5.82 Å². The lowest BCUT2D eigenvalue weighted by Crippen LogP contribution is -2.21. The highest BCUT2D eigenvalue weighted by Gasteiger charge is 2.38. The number of alkyl halides is 3. The van der Waals surface area contributed by atoms with Crippen molar-refractivity contribution < 1.29 is 35.9 Å². The molecule has 3 aromatic rings. The minimum atomic E-state index is -5.08. The Kier molecular flexibility index (Phi) is 5.86. The first-order valence-corrected chi connectivity index (χ1v) is 10.1. The summed E-state index contributed by atoms with van der Waals surface area (Å²) in [5.74, 6) is -3.32. The third-order valence-corrected chi connectivity index (χ3v) is 6.11. The zero-order chi connectivity index (χ0) is 22.1. The molecular weight excluding hydrogens is 428 g/mol. The van der Waals surface area contributed by atoms with Crippen molar-refractivity contribution >= 4 is 26.9 Å². The van der Waals surface area contributed by atoms with Crippen LogP contribution in [0.3, 0.4) is 0 Å². The number of aromatic nitrogens is 1. The molecule has 160 valence electrons. The van der Waals surface area contributed by atoms with Gasteiger partial charge in [-0.05, 0) is 48.4 Å². The van der Waals surface area contributed by atoms with Crippen LogP contribution in [0.4, 0.5) is 17.6 Å². The molecule has 11 heteroatoms. The number of rotatable bonds is 2. The molecule has 1 aliphatic rings. The van der Waals surface area contributed by atoms with Gasteiger partial charge in [0.25, 0.3) is 10.0 Å². The summed E-state index contributed by atoms with van der Waals surface area (Å²) >= 11 is 0. The first-order valence-electron chi connectivity index (χ1n) is 8.65. The topological polar surface area (TPSA) is 88.4 Å². The lowest BCUT2D eigenvalue weighted by Gasteiger charge is -2.09. The Balaban J connectivity index is 0.000000318. The largest absolute Gasteiger partial charge is 0.490 e. The van der Waals surface area contributed by atoms with Crippen LogP contribution in [0.25, 0.3) is 10.9 Å². The molecule has 2 aromatic carbocycles. The quantitative estimate of drug-likeness (QED) is 0.593. The Morgan fingerprint density at radius 2 is 1.77 bits per heavy atom. The lowest BCUT2D eigenvalue weighted by atomic mass is 10.1. The van der Waals surface area contributed by atoms with Gasteiger partial charge < -0.3 is 10.4 Å². The molecule has 0 saturated heterocycles. The SMILES string of the molecule is O=C(O)C(F)(F)F.O=S(=O)(c1cccc(F)c1)n1cc2c3c(cccc31)CNCC2. The molecule has 4 rings (SSSR count). The van der Waals surface area contributed by atoms with Crippen molar-refractivity contribution in [1.82, 2.24) is 9.29 Å². The van der Waals surface area contributed by atoms with Crippen molar-refractivity contribution in [3.8, 4) is 0 Å². The molecule has 0 unspecified atom stereocenters. The molecule has 1 aliphatic heterocycles. The summed E-state index contributed by atoms with van der Waals surface area (Å²) in [6, 6.07) is 10.8. The zero-order valence-corrected chi connectivity index (χ0v) is 16.1. The second-order valence-electron chi connectivity index (χ2n) is 6.45. The number of nitrogens with one attached hydrogen (secondary N) is 1. The normalized spacial score (nSPS) is 14.0. The Bertz CT molecular complexity index is 1200. The summed E-state index contributed by atoms with van der Waals surface area (Å²) in [6.07, 6.45) is -2.65. The monoisotopic (exact) mass is 444 g/mol. The molecule has 0 amide bonds. The maximum absolute atomic E-state index is 13.4. The van der Waals surface area contributed by atoms with Crippen LogP contribution < -0.4 is 5.32 Å². The maximum Gasteiger partial charge on any atom is 0.490 e. The van der Waals surface area contributed by atoms with E-state index in [2.05, 4.69) is 5.32 Å². The average molecular weight is 444 g/mol. The van der Waals surface area contributed by atoms with E-state index in [0.717, 1.165) is 35.5 Å². The third-order valence-electron chi connectivity index (χ3n) is 4.44. The predicted octanol–water partition coefficient (Wildman–Crippen LogP) is 3.30. The average Bonchev–Trinajstić information content (AvgIpc) is 2.92. The molecule has 1 aromatic heterocycles. The Hall–Kier alpha value is -2.92. The van der Waals surface area contributed by atoms with E-state index in [1.165, 1.54) is 22.2 Å². The van der Waals surface area contributed by atoms with E-state index < -0.39 is 28.0 Å². The van der Waals surface area contributed by atoms with E-state index in [4.69, 9.17) is 9.90 Å². The highest BCUT2D eigenvalue weighted by atomic mass is 32.2. The number of carboxylic acid groups (broad SMARTS) is 1. The fourth-order valence-corrected chi connectivity index (χ4v) is 4.56. The summed E-state index contributed by atoms with van der Waals surface area (Å²) < 4.78 is 72.3. The molecule has 0 radical (unpaired) electrons. The molecule has 0 aliphatic carbocycles. The van der Waals surface area contributed by atoms with Crippen LogP contribution in [0.15, 0.2) is 53.6 Å². The summed E-state index contributed by atoms with van der Waals surface area (Å²) in [6.45, 7) is 1.52. The van der Waals surface area contributed by atoms with Gasteiger partial charge in [0.15, 0.2) is 0 Å². The summed E-state index contributed by atoms with van der Waals surface area (Å²) in [4.78, 5) is 8.86. The van der Waals surface area contributed by atoms with Gasteiger partial charge in [0.2, 0.25) is 0 Å². The molecule has 6 nitrogen and oxygen atoms in total. The van der Waals surface area contributed by atoms with E-state index in [1.54, 1.807) is 12.3 Å². The number of nitrogens with zero attached hydrogens (tertiary/aromatic N) is 1. The van der Waals surface area contributed by atoms with Gasteiger partial charge in [-0.15, -0.1) is 0 Å². The number of benzene rings is 2. The molecule has 0 bridgehead atoms. The number of halogens is 4. The highest BCUT2D eigenvalue weighted by molar-refractivity contribution is 7.90. The molecule has 0 spiro atoms. The van der Waals surface area contributed by atoms with Gasteiger partial charge in [0, 0.05) is 18.1 Å². The van der Waals surface area contributed by atoms with Gasteiger partial charge in [-0.2, -0.15) is 13.2 Å². The van der Waals surface area contributed by atoms with Gasteiger partial charge in [-0.3, -0.25) is 0 Å². The number of carboxylic acids is 1. The van der Waals surface area contributed by atoms with E-state index in [0.29, 0.717) is 12.1 Å². The van der Waals surface area contributed by atoms with E-state index >= 15 is 0 Å². The molecule has 0 fully saturated rings. The fourth-order valence-electron chi connectivity index (χ4n) is 3.14. The minimum absolute atomic E-state index is 0.0402. The summed E-state index contributed by atoms with van der Waals surface area (Å²) in [5.41, 5.74) is 2.73. The van der Waals surface area contributed by atoms with Gasteiger partial charge in [0.05, 0.1) is 10.4 Å². The summed E-state index contributed by atoms with van der Waals surface area (Å²) in [7, 11) is -3.82. The molecule has 0 atom stereocenters. The first kappa shape index (κ1) is 21.8. The van der Waals surface area contributed by atoms with E-state index in [1.807, 2.05) is 12.1 Å². The first-order chi connectivity index (χ1) is 14.0. The van der Waals surface area contributed by atoms with Crippen LogP contribution in [0, 0.1) is 5.82 Å². The lowest BCUT2D eigenvalue weighted by molar-refractivity contribution is -0.192. The zero-order valence-electron chi connectivity index (χ0n) is 15.3. The van der Waals surface area contributed by atoms with Crippen LogP contribution in [-0.4, -0.2) is 36.2 Å². The Labute approximate surface area is 168 Å². The molecular formula is C19H16F4N2O4S. The standard InChI is InChI=1S/C17H15FN2O2S.C2HF3O2/c18-14-4-2-5-15(9-14)23(21,22)20-11-13-7-8-19-10-12-3-1-6-16(20)17(12)13;3-2(4,5)1(6)7/h1-6,9,11,19H,7-8,10H2;(H,6,7). The molecule has 0 saturated carbocycles. The van der Waals surface area contributed by atoms with Crippen LogP contribution in [0.2, 0.25) is 0 Å². The van der Waals surface area contributed by atoms with Crippen molar-refractivity contribution in [3.05, 3.63) is 65.6 Å². The Morgan fingerprint density at radius 1 is 1.10 bits per heavy atom. The Morgan fingerprint density at radius 3 is 2.40 bits per heavy atom. The van der Waals surface area contributed by atoms with Crippen LogP contribution in [0.1, 0.15) is 11.1 Å². The third kappa shape index (κ3) is 4.31. The predicted molar refractivity (Wildman–Crippen MR) is 100 cm³/mol. The van der Waals surface area contributed by atoms with Crippen molar-refractivity contribution in [1.29, 1.82) is 0 Å². The van der Waals surface area contributed by atoms with Crippen molar-refractivity contribution in [2.45, 2.75) is 24.0 Å². The molecule has 30 heavy (non-hydrogen) atoms. The van der Waals surface area contributed by atoms with Gasteiger partial charge >= 0.3 is 12.1 Å². The van der Waals surface area contributed by atoms with E-state index in [-0.39, 0.29) is 4.90 Å². The smallest absolute Gasteiger partial charge is 0.475 e. The maximum atomic E-state index is 13.4. The summed E-state index contributed by atoms with van der Waals surface area (Å²) in [5, 5.41) is 11.4. The van der Waals surface area contributed by atoms with Crippen molar-refractivity contribution in [2.75, 3.05) is 6.54 Å². The highest BCUT2D eigenvalue weighted by Crippen LogP contribution is 2.30. The van der Waals surface area contributed by atoms with E-state index in [9.17, 15) is 26.0 Å². The number of carbonyl (C=O) groups is 1. The number of hydrogen-bond acceptors (Lipinski definition) is 4. The van der Waals surface area contributed by atoms with Crippen LogP contribution in [0.5, 0.6) is 0 Å². The van der Waals surface area contributed by atoms with Gasteiger partial charge in [-0.25, -0.2) is 21.6 Å². The fraction of sp³-hybridized carbons (Fsp3) is 0.211. The van der Waals surface area contributed by atoms with Gasteiger partial charge in [-0.1, -0.05) is 18.2 Å². The van der Waals surface area contributed by atoms with Crippen LogP contribution in [-0.2, 0) is 27.8 Å². The second kappa shape index (κ2) is 8.07. The number of aliphatic carboxylic acids is 1. The second-order valence-corrected chi connectivity index (χ2v) is 8.27. The van der Waals surface area contributed by atoms with Crippen molar-refractivity contribution in [2.24, 2.45) is 0 Å². The molecule has 2 N–H and O–H groups in total. The number of hydrogen-bond donors (Lipinski definition) is 2. The van der Waals surface area contributed by atoms with Crippen LogP contribution >= 0.6 is 0 Å². The minimum Gasteiger partial charge on any atom is -0.475 e.